The maximum atomic E-state index is 4.63. The Hall–Kier alpha value is -0.770. The maximum Gasteiger partial charge on any atom is 0.193 e. The number of nitrogens with zero attached hydrogens (tertiary/aromatic N) is 3. The fraction of sp³-hybridized carbons (Fsp3) is 0.950. The lowest BCUT2D eigenvalue weighted by Crippen LogP contribution is -2.51. The molecule has 3 fully saturated rings. The second-order valence-electron chi connectivity index (χ2n) is 8.61. The predicted molar refractivity (Wildman–Crippen MR) is 103 cm³/mol. The third-order valence-corrected chi connectivity index (χ3v) is 6.72. The summed E-state index contributed by atoms with van der Waals surface area (Å²) in [6.07, 6.45) is 14.1. The monoisotopic (exact) mass is 334 g/mol. The van der Waals surface area contributed by atoms with Crippen molar-refractivity contribution in [1.29, 1.82) is 0 Å². The summed E-state index contributed by atoms with van der Waals surface area (Å²) in [6, 6.07) is 0. The zero-order valence-electron chi connectivity index (χ0n) is 16.0. The fourth-order valence-corrected chi connectivity index (χ4v) is 5.11. The summed E-state index contributed by atoms with van der Waals surface area (Å²) in [5.74, 6) is 1.98. The Kier molecular flexibility index (Phi) is 6.43. The molecule has 0 atom stereocenters. The fourth-order valence-electron chi connectivity index (χ4n) is 5.11. The molecule has 24 heavy (non-hydrogen) atoms. The minimum absolute atomic E-state index is 0.583. The first-order chi connectivity index (χ1) is 11.7. The van der Waals surface area contributed by atoms with Gasteiger partial charge in [0, 0.05) is 26.7 Å². The van der Waals surface area contributed by atoms with E-state index in [2.05, 4.69) is 27.2 Å². The highest BCUT2D eigenvalue weighted by atomic mass is 15.3. The molecule has 0 bridgehead atoms. The molecule has 0 unspecified atom stereocenters. The van der Waals surface area contributed by atoms with Gasteiger partial charge in [0.25, 0.3) is 0 Å². The first-order valence-corrected chi connectivity index (χ1v) is 10.3. The van der Waals surface area contributed by atoms with Crippen LogP contribution in [-0.4, -0.2) is 62.6 Å². The Labute approximate surface area is 149 Å². The predicted octanol–water partition coefficient (Wildman–Crippen LogP) is 3.34. The molecule has 0 radical (unpaired) electrons. The van der Waals surface area contributed by atoms with Crippen LogP contribution in [0.15, 0.2) is 4.99 Å². The third kappa shape index (κ3) is 4.65. The standard InChI is InChI=1S/C20H38N4/c1-21-19(22-16-18-8-14-23(2)15-9-18)24-13-7-12-20(17-24)10-5-3-4-6-11-20/h18H,3-17H2,1-2H3,(H,21,22). The largest absolute Gasteiger partial charge is 0.356 e. The smallest absolute Gasteiger partial charge is 0.193 e. The highest BCUT2D eigenvalue weighted by molar-refractivity contribution is 5.80. The molecule has 1 aliphatic carbocycles. The maximum absolute atomic E-state index is 4.63. The van der Waals surface area contributed by atoms with Crippen LogP contribution in [0, 0.1) is 11.3 Å². The molecule has 0 aromatic rings. The first kappa shape index (κ1) is 18.0. The molecule has 2 heterocycles. The van der Waals surface area contributed by atoms with E-state index in [0.29, 0.717) is 5.41 Å². The van der Waals surface area contributed by atoms with E-state index in [-0.39, 0.29) is 0 Å². The van der Waals surface area contributed by atoms with Crippen molar-refractivity contribution in [1.82, 2.24) is 15.1 Å². The van der Waals surface area contributed by atoms with Crippen molar-refractivity contribution >= 4 is 5.96 Å². The lowest BCUT2D eigenvalue weighted by Gasteiger charge is -2.44. The molecule has 0 amide bonds. The van der Waals surface area contributed by atoms with Gasteiger partial charge >= 0.3 is 0 Å². The first-order valence-electron chi connectivity index (χ1n) is 10.3. The molecular weight excluding hydrogens is 296 g/mol. The van der Waals surface area contributed by atoms with Crippen LogP contribution in [0.25, 0.3) is 0 Å². The van der Waals surface area contributed by atoms with Gasteiger partial charge in [-0.25, -0.2) is 0 Å². The second-order valence-corrected chi connectivity index (χ2v) is 8.61. The summed E-state index contributed by atoms with van der Waals surface area (Å²) in [5.41, 5.74) is 0.583. The van der Waals surface area contributed by atoms with E-state index in [1.165, 1.54) is 90.4 Å². The Morgan fingerprint density at radius 3 is 2.33 bits per heavy atom. The Morgan fingerprint density at radius 1 is 1.00 bits per heavy atom. The molecule has 1 saturated carbocycles. The molecule has 2 saturated heterocycles. The van der Waals surface area contributed by atoms with Crippen molar-refractivity contribution in [3.8, 4) is 0 Å². The molecule has 2 aliphatic heterocycles. The quantitative estimate of drug-likeness (QED) is 0.621. The van der Waals surface area contributed by atoms with Crippen molar-refractivity contribution in [3.05, 3.63) is 0 Å². The highest BCUT2D eigenvalue weighted by Crippen LogP contribution is 2.42. The molecule has 1 N–H and O–H groups in total. The number of nitrogens with one attached hydrogen (secondary N) is 1. The number of guanidine groups is 1. The topological polar surface area (TPSA) is 30.9 Å². The van der Waals surface area contributed by atoms with Gasteiger partial charge in [-0.15, -0.1) is 0 Å². The third-order valence-electron chi connectivity index (χ3n) is 6.72. The van der Waals surface area contributed by atoms with E-state index in [1.54, 1.807) is 0 Å². The number of hydrogen-bond donors (Lipinski definition) is 1. The molecule has 138 valence electrons. The van der Waals surface area contributed by atoms with Crippen molar-refractivity contribution in [2.45, 2.75) is 64.2 Å². The van der Waals surface area contributed by atoms with E-state index >= 15 is 0 Å². The van der Waals surface area contributed by atoms with E-state index in [4.69, 9.17) is 0 Å². The van der Waals surface area contributed by atoms with E-state index in [1.807, 2.05) is 7.05 Å². The van der Waals surface area contributed by atoms with Crippen molar-refractivity contribution < 1.29 is 0 Å². The van der Waals surface area contributed by atoms with Crippen LogP contribution < -0.4 is 5.32 Å². The Bertz CT molecular complexity index is 404. The number of piperidine rings is 2. The highest BCUT2D eigenvalue weighted by Gasteiger charge is 2.36. The van der Waals surface area contributed by atoms with Crippen LogP contribution in [0.2, 0.25) is 0 Å². The van der Waals surface area contributed by atoms with Crippen LogP contribution >= 0.6 is 0 Å². The summed E-state index contributed by atoms with van der Waals surface area (Å²) in [7, 11) is 4.20. The Morgan fingerprint density at radius 2 is 1.67 bits per heavy atom. The van der Waals surface area contributed by atoms with Crippen LogP contribution in [0.1, 0.15) is 64.2 Å². The van der Waals surface area contributed by atoms with Crippen molar-refractivity contribution in [2.75, 3.05) is 46.8 Å². The Balaban J connectivity index is 1.53. The van der Waals surface area contributed by atoms with Crippen LogP contribution in [0.4, 0.5) is 0 Å². The van der Waals surface area contributed by atoms with Gasteiger partial charge in [0.2, 0.25) is 0 Å². The number of rotatable bonds is 2. The molecule has 3 aliphatic rings. The van der Waals surface area contributed by atoms with Gasteiger partial charge in [-0.1, -0.05) is 25.7 Å². The normalized spacial score (nSPS) is 27.2. The summed E-state index contributed by atoms with van der Waals surface area (Å²) in [4.78, 5) is 9.66. The molecular formula is C20H38N4. The summed E-state index contributed by atoms with van der Waals surface area (Å²) in [5, 5.41) is 3.72. The molecule has 0 aromatic heterocycles. The molecule has 4 heteroatoms. The minimum atomic E-state index is 0.583. The summed E-state index contributed by atoms with van der Waals surface area (Å²) < 4.78 is 0. The molecule has 4 nitrogen and oxygen atoms in total. The second kappa shape index (κ2) is 8.55. The summed E-state index contributed by atoms with van der Waals surface area (Å²) in [6.45, 7) is 6.02. The average molecular weight is 335 g/mol. The van der Waals surface area contributed by atoms with Gasteiger partial charge in [-0.05, 0) is 70.0 Å². The van der Waals surface area contributed by atoms with Crippen LogP contribution in [0.5, 0.6) is 0 Å². The SMILES string of the molecule is CN=C(NCC1CCN(C)CC1)N1CCCC2(CCCCCC2)C1. The van der Waals surface area contributed by atoms with E-state index in [0.717, 1.165) is 18.4 Å². The molecule has 1 spiro atoms. The van der Waals surface area contributed by atoms with Crippen LogP contribution in [-0.2, 0) is 0 Å². The van der Waals surface area contributed by atoms with Gasteiger partial charge in [0.05, 0.1) is 0 Å². The number of aliphatic imine (C=N–C) groups is 1. The van der Waals surface area contributed by atoms with Crippen molar-refractivity contribution in [2.24, 2.45) is 16.3 Å². The van der Waals surface area contributed by atoms with E-state index in [9.17, 15) is 0 Å². The molecule has 3 rings (SSSR count). The lowest BCUT2D eigenvalue weighted by atomic mass is 9.74. The number of likely N-dealkylation sites (tertiary alicyclic amines) is 2. The van der Waals surface area contributed by atoms with Gasteiger partial charge in [-0.3, -0.25) is 4.99 Å². The zero-order chi connectivity index (χ0) is 16.8. The van der Waals surface area contributed by atoms with Gasteiger partial charge < -0.3 is 15.1 Å². The lowest BCUT2D eigenvalue weighted by molar-refractivity contribution is 0.115. The average Bonchev–Trinajstić information content (AvgIpc) is 2.83. The molecule has 0 aromatic carbocycles. The van der Waals surface area contributed by atoms with Gasteiger partial charge in [-0.2, -0.15) is 0 Å². The summed E-state index contributed by atoms with van der Waals surface area (Å²) >= 11 is 0. The van der Waals surface area contributed by atoms with Crippen LogP contribution in [0.3, 0.4) is 0 Å². The van der Waals surface area contributed by atoms with Gasteiger partial charge in [0.15, 0.2) is 5.96 Å². The van der Waals surface area contributed by atoms with Gasteiger partial charge in [0.1, 0.15) is 0 Å². The number of hydrogen-bond acceptors (Lipinski definition) is 2. The zero-order valence-corrected chi connectivity index (χ0v) is 16.0. The van der Waals surface area contributed by atoms with Crippen molar-refractivity contribution in [3.63, 3.8) is 0 Å². The van der Waals surface area contributed by atoms with E-state index < -0.39 is 0 Å². The minimum Gasteiger partial charge on any atom is -0.356 e.